The highest BCUT2D eigenvalue weighted by Gasteiger charge is 2.09. The fraction of sp³-hybridized carbons (Fsp3) is 0.286. The Morgan fingerprint density at radius 2 is 2.24 bits per heavy atom. The molecule has 0 saturated heterocycles. The third kappa shape index (κ3) is 3.38. The van der Waals surface area contributed by atoms with E-state index in [2.05, 4.69) is 22.1 Å². The molecule has 90 valence electrons. The van der Waals surface area contributed by atoms with Crippen LogP contribution in [0.1, 0.15) is 23.6 Å². The molecule has 0 aliphatic rings. The minimum atomic E-state index is -0.168. The number of hydrogen-bond acceptors (Lipinski definition) is 2. The second-order valence-electron chi connectivity index (χ2n) is 4.07. The summed E-state index contributed by atoms with van der Waals surface area (Å²) in [6, 6.07) is 9.18. The van der Waals surface area contributed by atoms with Crippen LogP contribution in [0.2, 0.25) is 0 Å². The van der Waals surface area contributed by atoms with E-state index in [1.165, 1.54) is 11.6 Å². The van der Waals surface area contributed by atoms with Crippen LogP contribution in [0.25, 0.3) is 0 Å². The van der Waals surface area contributed by atoms with Gasteiger partial charge in [0.05, 0.1) is 0 Å². The van der Waals surface area contributed by atoms with E-state index >= 15 is 0 Å². The van der Waals surface area contributed by atoms with Gasteiger partial charge in [0.25, 0.3) is 0 Å². The molecule has 0 saturated carbocycles. The fourth-order valence-corrected chi connectivity index (χ4v) is 2.65. The van der Waals surface area contributed by atoms with Gasteiger partial charge in [-0.2, -0.15) is 11.3 Å². The highest BCUT2D eigenvalue weighted by atomic mass is 32.1. The Morgan fingerprint density at radius 3 is 2.88 bits per heavy atom. The molecule has 1 heterocycles. The van der Waals surface area contributed by atoms with Gasteiger partial charge in [-0.25, -0.2) is 4.39 Å². The van der Waals surface area contributed by atoms with Crippen LogP contribution in [-0.4, -0.2) is 7.05 Å². The van der Waals surface area contributed by atoms with Crippen molar-refractivity contribution in [2.45, 2.75) is 18.9 Å². The zero-order valence-electron chi connectivity index (χ0n) is 9.82. The van der Waals surface area contributed by atoms with Crippen LogP contribution in [0.3, 0.4) is 0 Å². The summed E-state index contributed by atoms with van der Waals surface area (Å²) in [6.07, 6.45) is 2.00. The van der Waals surface area contributed by atoms with Gasteiger partial charge in [0.15, 0.2) is 0 Å². The molecule has 1 atom stereocenters. The molecule has 0 aliphatic carbocycles. The van der Waals surface area contributed by atoms with Crippen molar-refractivity contribution in [2.24, 2.45) is 0 Å². The predicted molar refractivity (Wildman–Crippen MR) is 70.8 cm³/mol. The zero-order chi connectivity index (χ0) is 12.1. The van der Waals surface area contributed by atoms with Gasteiger partial charge < -0.3 is 5.32 Å². The van der Waals surface area contributed by atoms with Gasteiger partial charge >= 0.3 is 0 Å². The molecule has 1 nitrogen and oxygen atoms in total. The molecule has 0 bridgehead atoms. The largest absolute Gasteiger partial charge is 0.313 e. The lowest BCUT2D eigenvalue weighted by atomic mass is 10.0. The van der Waals surface area contributed by atoms with Crippen molar-refractivity contribution in [1.29, 1.82) is 0 Å². The highest BCUT2D eigenvalue weighted by molar-refractivity contribution is 7.07. The van der Waals surface area contributed by atoms with E-state index in [0.717, 1.165) is 18.4 Å². The maximum absolute atomic E-state index is 13.2. The van der Waals surface area contributed by atoms with E-state index < -0.39 is 0 Å². The van der Waals surface area contributed by atoms with E-state index in [9.17, 15) is 4.39 Å². The molecule has 0 radical (unpaired) electrons. The average Bonchev–Trinajstić information content (AvgIpc) is 2.83. The second-order valence-corrected chi connectivity index (χ2v) is 4.85. The van der Waals surface area contributed by atoms with Crippen LogP contribution < -0.4 is 5.32 Å². The van der Waals surface area contributed by atoms with Gasteiger partial charge in [-0.3, -0.25) is 0 Å². The number of benzene rings is 1. The number of halogens is 1. The minimum Gasteiger partial charge on any atom is -0.313 e. The van der Waals surface area contributed by atoms with Crippen molar-refractivity contribution < 1.29 is 4.39 Å². The van der Waals surface area contributed by atoms with Crippen molar-refractivity contribution in [3.8, 4) is 0 Å². The van der Waals surface area contributed by atoms with Crippen LogP contribution in [0.4, 0.5) is 4.39 Å². The Morgan fingerprint density at radius 1 is 1.35 bits per heavy atom. The SMILES string of the molecule is CNC(CCc1ccsc1)c1cccc(F)c1. The first kappa shape index (κ1) is 12.3. The number of thiophene rings is 1. The molecule has 1 unspecified atom stereocenters. The first-order valence-electron chi connectivity index (χ1n) is 5.73. The lowest BCUT2D eigenvalue weighted by Crippen LogP contribution is -2.17. The third-order valence-electron chi connectivity index (χ3n) is 2.90. The van der Waals surface area contributed by atoms with Gasteiger partial charge in [0, 0.05) is 6.04 Å². The van der Waals surface area contributed by atoms with Crippen molar-refractivity contribution in [1.82, 2.24) is 5.32 Å². The average molecular weight is 249 g/mol. The monoisotopic (exact) mass is 249 g/mol. The van der Waals surface area contributed by atoms with Crippen LogP contribution >= 0.6 is 11.3 Å². The van der Waals surface area contributed by atoms with Crippen molar-refractivity contribution in [3.63, 3.8) is 0 Å². The molecule has 1 N–H and O–H groups in total. The standard InChI is InChI=1S/C14H16FNS/c1-16-14(6-5-11-7-8-17-10-11)12-3-2-4-13(15)9-12/h2-4,7-10,14,16H,5-6H2,1H3. The van der Waals surface area contributed by atoms with E-state index in [4.69, 9.17) is 0 Å². The third-order valence-corrected chi connectivity index (χ3v) is 3.63. The van der Waals surface area contributed by atoms with Gasteiger partial charge in [0.2, 0.25) is 0 Å². The lowest BCUT2D eigenvalue weighted by Gasteiger charge is -2.16. The Balaban J connectivity index is 2.01. The summed E-state index contributed by atoms with van der Waals surface area (Å²) in [5, 5.41) is 7.50. The topological polar surface area (TPSA) is 12.0 Å². The normalized spacial score (nSPS) is 12.6. The highest BCUT2D eigenvalue weighted by Crippen LogP contribution is 2.20. The van der Waals surface area contributed by atoms with Crippen LogP contribution in [0.5, 0.6) is 0 Å². The molecular weight excluding hydrogens is 233 g/mol. The van der Waals surface area contributed by atoms with E-state index in [0.29, 0.717) is 0 Å². The fourth-order valence-electron chi connectivity index (χ4n) is 1.95. The van der Waals surface area contributed by atoms with Crippen LogP contribution in [0.15, 0.2) is 41.1 Å². The molecule has 17 heavy (non-hydrogen) atoms. The van der Waals surface area contributed by atoms with E-state index in [1.54, 1.807) is 23.5 Å². The molecule has 0 amide bonds. The number of nitrogens with one attached hydrogen (secondary N) is 1. The summed E-state index contributed by atoms with van der Waals surface area (Å²) >= 11 is 1.72. The molecule has 2 aromatic rings. The smallest absolute Gasteiger partial charge is 0.123 e. The molecule has 0 fully saturated rings. The molecule has 2 rings (SSSR count). The van der Waals surface area contributed by atoms with Gasteiger partial charge in [-0.1, -0.05) is 12.1 Å². The predicted octanol–water partition coefficient (Wildman–Crippen LogP) is 3.78. The van der Waals surface area contributed by atoms with Gasteiger partial charge in [0.1, 0.15) is 5.82 Å². The second kappa shape index (κ2) is 5.94. The van der Waals surface area contributed by atoms with Crippen LogP contribution in [0, 0.1) is 5.82 Å². The van der Waals surface area contributed by atoms with E-state index in [-0.39, 0.29) is 11.9 Å². The molecule has 0 spiro atoms. The maximum atomic E-state index is 13.2. The van der Waals surface area contributed by atoms with Gasteiger partial charge in [-0.05, 0) is 60.0 Å². The number of aryl methyl sites for hydroxylation is 1. The summed E-state index contributed by atoms with van der Waals surface area (Å²) in [6.45, 7) is 0. The Labute approximate surface area is 105 Å². The first-order valence-corrected chi connectivity index (χ1v) is 6.67. The minimum absolute atomic E-state index is 0.168. The molecule has 3 heteroatoms. The Kier molecular flexibility index (Phi) is 4.29. The quantitative estimate of drug-likeness (QED) is 0.850. The molecule has 1 aromatic carbocycles. The summed E-state index contributed by atoms with van der Waals surface area (Å²) in [5.74, 6) is -0.168. The van der Waals surface area contributed by atoms with Crippen molar-refractivity contribution in [3.05, 3.63) is 58.0 Å². The summed E-state index contributed by atoms with van der Waals surface area (Å²) in [4.78, 5) is 0. The van der Waals surface area contributed by atoms with Crippen molar-refractivity contribution in [2.75, 3.05) is 7.05 Å². The molecule has 0 aliphatic heterocycles. The van der Waals surface area contributed by atoms with Crippen molar-refractivity contribution >= 4 is 11.3 Å². The lowest BCUT2D eigenvalue weighted by molar-refractivity contribution is 0.542. The summed E-state index contributed by atoms with van der Waals surface area (Å²) in [5.41, 5.74) is 2.37. The molecular formula is C14H16FNS. The number of hydrogen-bond donors (Lipinski definition) is 1. The van der Waals surface area contributed by atoms with E-state index in [1.807, 2.05) is 13.1 Å². The Bertz CT molecular complexity index is 453. The summed E-state index contributed by atoms with van der Waals surface area (Å²) < 4.78 is 13.2. The van der Waals surface area contributed by atoms with Gasteiger partial charge in [-0.15, -0.1) is 0 Å². The Hall–Kier alpha value is -1.19. The number of rotatable bonds is 5. The van der Waals surface area contributed by atoms with Crippen LogP contribution in [-0.2, 0) is 6.42 Å². The zero-order valence-corrected chi connectivity index (χ0v) is 10.6. The maximum Gasteiger partial charge on any atom is 0.123 e. The summed E-state index contributed by atoms with van der Waals surface area (Å²) in [7, 11) is 1.92. The first-order chi connectivity index (χ1) is 8.29. The molecule has 1 aromatic heterocycles.